The Hall–Kier alpha value is -2.97. The number of thioether (sulfide) groups is 1. The van der Waals surface area contributed by atoms with Crippen molar-refractivity contribution in [3.05, 3.63) is 75.0 Å². The summed E-state index contributed by atoms with van der Waals surface area (Å²) in [5.74, 6) is 0.467. The van der Waals surface area contributed by atoms with Crippen LogP contribution in [0.2, 0.25) is 0 Å². The van der Waals surface area contributed by atoms with Crippen molar-refractivity contribution < 1.29 is 4.79 Å². The highest BCUT2D eigenvalue weighted by atomic mass is 32.2. The molecule has 0 aliphatic rings. The molecule has 31 heavy (non-hydrogen) atoms. The maximum Gasteiger partial charge on any atom is 0.261 e. The molecule has 158 valence electrons. The van der Waals surface area contributed by atoms with Gasteiger partial charge in [0.05, 0.1) is 22.3 Å². The molecule has 4 aromatic rings. The number of anilines is 2. The van der Waals surface area contributed by atoms with Crippen LogP contribution < -0.4 is 10.5 Å². The Morgan fingerprint density at radius 3 is 2.68 bits per heavy atom. The van der Waals surface area contributed by atoms with Crippen LogP contribution in [-0.2, 0) is 17.6 Å². The zero-order valence-electron chi connectivity index (χ0n) is 17.7. The quantitative estimate of drug-likeness (QED) is 0.317. The van der Waals surface area contributed by atoms with Crippen LogP contribution in [0.15, 0.2) is 57.8 Å². The summed E-state index contributed by atoms with van der Waals surface area (Å²) in [5, 5.41) is 3.83. The van der Waals surface area contributed by atoms with E-state index in [1.807, 2.05) is 55.6 Å². The van der Waals surface area contributed by atoms with Crippen LogP contribution in [0.25, 0.3) is 10.9 Å². The van der Waals surface area contributed by atoms with E-state index in [-0.39, 0.29) is 11.5 Å². The van der Waals surface area contributed by atoms with E-state index < -0.39 is 0 Å². The number of hydrogen-bond donors (Lipinski definition) is 0. The van der Waals surface area contributed by atoms with Gasteiger partial charge < -0.3 is 0 Å². The Balaban J connectivity index is 1.60. The molecule has 0 unspecified atom stereocenters. The van der Waals surface area contributed by atoms with Gasteiger partial charge in [0.2, 0.25) is 5.91 Å². The predicted octanol–water partition coefficient (Wildman–Crippen LogP) is 4.98. The van der Waals surface area contributed by atoms with Crippen LogP contribution in [0.3, 0.4) is 0 Å². The summed E-state index contributed by atoms with van der Waals surface area (Å²) in [7, 11) is 1.73. The van der Waals surface area contributed by atoms with Gasteiger partial charge >= 0.3 is 0 Å². The maximum atomic E-state index is 12.6. The fraction of sp³-hybridized carbons (Fsp3) is 0.217. The third-order valence-corrected chi connectivity index (χ3v) is 7.09. The third-order valence-electron chi connectivity index (χ3n) is 5.15. The number of thiazole rings is 1. The molecule has 0 spiro atoms. The van der Waals surface area contributed by atoms with Crippen LogP contribution in [0, 0.1) is 13.8 Å². The lowest BCUT2D eigenvalue weighted by molar-refractivity contribution is -0.115. The lowest BCUT2D eigenvalue weighted by Gasteiger charge is -2.21. The van der Waals surface area contributed by atoms with E-state index in [1.54, 1.807) is 29.5 Å². The minimum absolute atomic E-state index is 0.0651. The summed E-state index contributed by atoms with van der Waals surface area (Å²) >= 11 is 2.89. The molecule has 0 saturated heterocycles. The van der Waals surface area contributed by atoms with E-state index in [0.29, 0.717) is 26.9 Å². The van der Waals surface area contributed by atoms with E-state index in [4.69, 9.17) is 4.98 Å². The highest BCUT2D eigenvalue weighted by molar-refractivity contribution is 7.98. The van der Waals surface area contributed by atoms with Gasteiger partial charge in [-0.3, -0.25) is 19.1 Å². The van der Waals surface area contributed by atoms with Crippen LogP contribution in [0.1, 0.15) is 23.7 Å². The first kappa shape index (κ1) is 21.3. The Morgan fingerprint density at radius 1 is 1.13 bits per heavy atom. The van der Waals surface area contributed by atoms with Gasteiger partial charge in [-0.1, -0.05) is 36.0 Å². The number of rotatable bonds is 5. The van der Waals surface area contributed by atoms with Gasteiger partial charge in [0, 0.05) is 25.1 Å². The standard InChI is InChI=1S/C23H22N4O2S2/c1-14-8-7-11-20(15(14)2)27(16(3)28)23-24-17(13-31-23)12-30-22-25-19-10-6-5-9-18(19)21(29)26(22)4/h5-11,13H,12H2,1-4H3. The molecule has 0 radical (unpaired) electrons. The average Bonchev–Trinajstić information content (AvgIpc) is 3.21. The number of carbonyl (C=O) groups excluding carboxylic acids is 1. The van der Waals surface area contributed by atoms with Crippen LogP contribution in [-0.4, -0.2) is 20.4 Å². The van der Waals surface area contributed by atoms with Crippen molar-refractivity contribution >= 4 is 50.7 Å². The molecule has 8 heteroatoms. The normalized spacial score (nSPS) is 11.1. The Morgan fingerprint density at radius 2 is 1.90 bits per heavy atom. The van der Waals surface area contributed by atoms with Gasteiger partial charge in [-0.2, -0.15) is 0 Å². The molecule has 0 aliphatic carbocycles. The number of aryl methyl sites for hydroxylation is 1. The summed E-state index contributed by atoms with van der Waals surface area (Å²) in [6.07, 6.45) is 0. The Bertz CT molecular complexity index is 1340. The second-order valence-corrected chi connectivity index (χ2v) is 9.04. The second-order valence-electron chi connectivity index (χ2n) is 7.26. The molecule has 2 aromatic heterocycles. The summed E-state index contributed by atoms with van der Waals surface area (Å²) in [6.45, 7) is 5.59. The number of amides is 1. The van der Waals surface area contributed by atoms with Crippen molar-refractivity contribution in [2.24, 2.45) is 7.05 Å². The molecule has 2 heterocycles. The first-order valence-electron chi connectivity index (χ1n) is 9.76. The molecule has 1 amide bonds. The highest BCUT2D eigenvalue weighted by Crippen LogP contribution is 2.33. The maximum absolute atomic E-state index is 12.6. The minimum Gasteiger partial charge on any atom is -0.290 e. The summed E-state index contributed by atoms with van der Waals surface area (Å²) in [4.78, 5) is 36.0. The lowest BCUT2D eigenvalue weighted by Crippen LogP contribution is -2.23. The largest absolute Gasteiger partial charge is 0.290 e. The van der Waals surface area contributed by atoms with Crippen molar-refractivity contribution in [1.82, 2.24) is 14.5 Å². The van der Waals surface area contributed by atoms with Gasteiger partial charge in [0.15, 0.2) is 10.3 Å². The van der Waals surface area contributed by atoms with Crippen molar-refractivity contribution in [3.63, 3.8) is 0 Å². The van der Waals surface area contributed by atoms with Crippen LogP contribution >= 0.6 is 23.1 Å². The molecule has 0 aliphatic heterocycles. The fourth-order valence-electron chi connectivity index (χ4n) is 3.32. The topological polar surface area (TPSA) is 68.1 Å². The Kier molecular flexibility index (Phi) is 5.93. The third kappa shape index (κ3) is 4.13. The van der Waals surface area contributed by atoms with Gasteiger partial charge in [-0.15, -0.1) is 11.3 Å². The first-order valence-corrected chi connectivity index (χ1v) is 11.6. The molecule has 0 saturated carbocycles. The second kappa shape index (κ2) is 8.64. The van der Waals surface area contributed by atoms with E-state index in [1.165, 1.54) is 23.1 Å². The number of benzene rings is 2. The zero-order chi connectivity index (χ0) is 22.1. The average molecular weight is 451 g/mol. The van der Waals surface area contributed by atoms with Gasteiger partial charge in [0.25, 0.3) is 5.56 Å². The number of hydrogen-bond acceptors (Lipinski definition) is 6. The molecular formula is C23H22N4O2S2. The zero-order valence-corrected chi connectivity index (χ0v) is 19.4. The van der Waals surface area contributed by atoms with E-state index in [2.05, 4.69) is 4.98 Å². The number of aromatic nitrogens is 3. The van der Waals surface area contributed by atoms with Crippen molar-refractivity contribution in [2.75, 3.05) is 4.90 Å². The predicted molar refractivity (Wildman–Crippen MR) is 127 cm³/mol. The molecule has 2 aromatic carbocycles. The number of carbonyl (C=O) groups is 1. The number of para-hydroxylation sites is 1. The van der Waals surface area contributed by atoms with Crippen LogP contribution in [0.4, 0.5) is 10.8 Å². The van der Waals surface area contributed by atoms with Gasteiger partial charge in [-0.05, 0) is 43.2 Å². The molecule has 0 atom stereocenters. The molecule has 0 N–H and O–H groups in total. The summed E-state index contributed by atoms with van der Waals surface area (Å²) in [6, 6.07) is 13.3. The number of fused-ring (bicyclic) bond motifs is 1. The van der Waals surface area contributed by atoms with E-state index in [9.17, 15) is 9.59 Å². The molecule has 6 nitrogen and oxygen atoms in total. The van der Waals surface area contributed by atoms with Crippen LogP contribution in [0.5, 0.6) is 0 Å². The smallest absolute Gasteiger partial charge is 0.261 e. The number of nitrogens with zero attached hydrogens (tertiary/aromatic N) is 4. The Labute approximate surface area is 188 Å². The fourth-order valence-corrected chi connectivity index (χ4v) is 5.17. The molecule has 4 rings (SSSR count). The van der Waals surface area contributed by atoms with Crippen molar-refractivity contribution in [1.29, 1.82) is 0 Å². The minimum atomic E-state index is -0.0826. The molecule has 0 fully saturated rings. The van der Waals surface area contributed by atoms with Crippen molar-refractivity contribution in [2.45, 2.75) is 31.7 Å². The van der Waals surface area contributed by atoms with E-state index >= 15 is 0 Å². The molecular weight excluding hydrogens is 428 g/mol. The van der Waals surface area contributed by atoms with Gasteiger partial charge in [-0.25, -0.2) is 9.97 Å². The van der Waals surface area contributed by atoms with Gasteiger partial charge in [0.1, 0.15) is 0 Å². The van der Waals surface area contributed by atoms with Crippen molar-refractivity contribution in [3.8, 4) is 0 Å². The SMILES string of the molecule is CC(=O)N(c1nc(CSc2nc3ccccc3c(=O)n2C)cs1)c1cccc(C)c1C. The first-order chi connectivity index (χ1) is 14.9. The monoisotopic (exact) mass is 450 g/mol. The molecule has 0 bridgehead atoms. The van der Waals surface area contributed by atoms with E-state index in [0.717, 1.165) is 22.5 Å². The summed E-state index contributed by atoms with van der Waals surface area (Å²) < 4.78 is 1.57. The summed E-state index contributed by atoms with van der Waals surface area (Å²) in [5.41, 5.74) is 4.48. The highest BCUT2D eigenvalue weighted by Gasteiger charge is 2.20. The lowest BCUT2D eigenvalue weighted by atomic mass is 10.1.